The molecule has 2 heterocycles. The summed E-state index contributed by atoms with van der Waals surface area (Å²) in [6, 6.07) is 19.3. The Hall–Kier alpha value is -2.79. The highest BCUT2D eigenvalue weighted by Gasteiger charge is 2.41. The lowest BCUT2D eigenvalue weighted by molar-refractivity contribution is -0.128. The van der Waals surface area contributed by atoms with E-state index in [1.165, 1.54) is 22.4 Å². The number of benzene rings is 2. The fourth-order valence-corrected chi connectivity index (χ4v) is 4.55. The molecule has 2 aromatic rings. The average Bonchev–Trinajstić information content (AvgIpc) is 2.99. The van der Waals surface area contributed by atoms with E-state index in [-0.39, 0.29) is 18.1 Å². The molecule has 2 aromatic carbocycles. The predicted molar refractivity (Wildman–Crippen MR) is 117 cm³/mol. The van der Waals surface area contributed by atoms with Crippen molar-refractivity contribution in [2.75, 3.05) is 25.5 Å². The monoisotopic (exact) mass is 390 g/mol. The predicted octanol–water partition coefficient (Wildman–Crippen LogP) is 4.16. The van der Waals surface area contributed by atoms with E-state index >= 15 is 0 Å². The standard InChI is InChI=1S/C24H30N4O/c1-17-9-8-12-21(15-17)25-24-22-16-27(19(3)29)14-13-23(22)28(26(24)4)18(2)20-10-6-5-7-11-20/h5-12,15,18,24-25H,13-14,16H2,1-4H3. The van der Waals surface area contributed by atoms with E-state index in [9.17, 15) is 4.79 Å². The minimum Gasteiger partial charge on any atom is -0.365 e. The van der Waals surface area contributed by atoms with Crippen LogP contribution in [0.5, 0.6) is 0 Å². The van der Waals surface area contributed by atoms with Gasteiger partial charge >= 0.3 is 0 Å². The molecule has 0 aliphatic carbocycles. The molecule has 152 valence electrons. The highest BCUT2D eigenvalue weighted by molar-refractivity contribution is 5.74. The van der Waals surface area contributed by atoms with Crippen LogP contribution in [-0.2, 0) is 4.79 Å². The van der Waals surface area contributed by atoms with Crippen LogP contribution < -0.4 is 5.32 Å². The molecule has 2 unspecified atom stereocenters. The Bertz CT molecular complexity index is 923. The summed E-state index contributed by atoms with van der Waals surface area (Å²) in [6.45, 7) is 7.48. The summed E-state index contributed by atoms with van der Waals surface area (Å²) in [5.41, 5.74) is 6.25. The highest BCUT2D eigenvalue weighted by atomic mass is 16.2. The molecule has 0 saturated carbocycles. The molecule has 0 bridgehead atoms. The van der Waals surface area contributed by atoms with Crippen LogP contribution in [0.2, 0.25) is 0 Å². The topological polar surface area (TPSA) is 38.8 Å². The van der Waals surface area contributed by atoms with Gasteiger partial charge in [0.05, 0.1) is 6.04 Å². The minimum atomic E-state index is 0.0279. The molecule has 5 nitrogen and oxygen atoms in total. The maximum Gasteiger partial charge on any atom is 0.219 e. The molecule has 2 aliphatic heterocycles. The smallest absolute Gasteiger partial charge is 0.219 e. The Balaban J connectivity index is 1.69. The minimum absolute atomic E-state index is 0.0279. The summed E-state index contributed by atoms with van der Waals surface area (Å²) in [4.78, 5) is 14.0. The van der Waals surface area contributed by atoms with Gasteiger partial charge in [0, 0.05) is 50.4 Å². The Morgan fingerprint density at radius 3 is 2.59 bits per heavy atom. The molecule has 0 fully saturated rings. The van der Waals surface area contributed by atoms with Crippen molar-refractivity contribution < 1.29 is 4.79 Å². The third kappa shape index (κ3) is 3.75. The fraction of sp³-hybridized carbons (Fsp3) is 0.375. The van der Waals surface area contributed by atoms with Crippen LogP contribution in [0.1, 0.15) is 37.4 Å². The number of aryl methyl sites for hydroxylation is 1. The molecular formula is C24H30N4O. The van der Waals surface area contributed by atoms with Gasteiger partial charge in [-0.05, 0) is 37.1 Å². The summed E-state index contributed by atoms with van der Waals surface area (Å²) >= 11 is 0. The molecular weight excluding hydrogens is 360 g/mol. The molecule has 0 spiro atoms. The van der Waals surface area contributed by atoms with Crippen LogP contribution in [-0.4, -0.2) is 47.1 Å². The lowest BCUT2D eigenvalue weighted by Crippen LogP contribution is -2.44. The van der Waals surface area contributed by atoms with Crippen molar-refractivity contribution >= 4 is 11.6 Å². The van der Waals surface area contributed by atoms with Gasteiger partial charge in [0.15, 0.2) is 0 Å². The summed E-state index contributed by atoms with van der Waals surface area (Å²) in [6.07, 6.45) is 0.905. The first kappa shape index (κ1) is 19.5. The van der Waals surface area contributed by atoms with Gasteiger partial charge in [0.1, 0.15) is 6.17 Å². The number of anilines is 1. The number of rotatable bonds is 4. The quantitative estimate of drug-likeness (QED) is 0.851. The molecule has 4 rings (SSSR count). The van der Waals surface area contributed by atoms with Crippen molar-refractivity contribution in [3.05, 3.63) is 77.0 Å². The van der Waals surface area contributed by atoms with Gasteiger partial charge in [-0.2, -0.15) is 5.01 Å². The van der Waals surface area contributed by atoms with Crippen molar-refractivity contribution in [1.82, 2.24) is 14.9 Å². The van der Waals surface area contributed by atoms with Gasteiger partial charge < -0.3 is 15.2 Å². The van der Waals surface area contributed by atoms with Crippen LogP contribution in [0.4, 0.5) is 5.69 Å². The highest BCUT2D eigenvalue weighted by Crippen LogP contribution is 2.40. The molecule has 0 radical (unpaired) electrons. The largest absolute Gasteiger partial charge is 0.365 e. The van der Waals surface area contributed by atoms with Crippen molar-refractivity contribution in [3.63, 3.8) is 0 Å². The summed E-state index contributed by atoms with van der Waals surface area (Å²) < 4.78 is 0. The normalized spacial score (nSPS) is 20.6. The molecule has 0 aromatic heterocycles. The van der Waals surface area contributed by atoms with E-state index in [1.807, 2.05) is 4.90 Å². The lowest BCUT2D eigenvalue weighted by atomic mass is 10.0. The zero-order chi connectivity index (χ0) is 20.5. The molecule has 0 saturated heterocycles. The maximum absolute atomic E-state index is 12.1. The SMILES string of the molecule is CC(=O)N1CCC2=C(C1)C(Nc1cccc(C)c1)N(C)N2C(C)c1ccccc1. The van der Waals surface area contributed by atoms with Gasteiger partial charge in [-0.25, -0.2) is 0 Å². The van der Waals surface area contributed by atoms with Gasteiger partial charge in [0.25, 0.3) is 0 Å². The molecule has 5 heteroatoms. The summed E-state index contributed by atoms with van der Waals surface area (Å²) in [5.74, 6) is 0.142. The number of hydrogen-bond donors (Lipinski definition) is 1. The number of hydrogen-bond acceptors (Lipinski definition) is 4. The summed E-state index contributed by atoms with van der Waals surface area (Å²) in [7, 11) is 2.14. The van der Waals surface area contributed by atoms with Crippen molar-refractivity contribution in [1.29, 1.82) is 0 Å². The maximum atomic E-state index is 12.1. The number of nitrogens with zero attached hydrogens (tertiary/aromatic N) is 3. The van der Waals surface area contributed by atoms with E-state index < -0.39 is 0 Å². The van der Waals surface area contributed by atoms with Crippen LogP contribution in [0.25, 0.3) is 0 Å². The summed E-state index contributed by atoms with van der Waals surface area (Å²) in [5, 5.41) is 8.43. The second-order valence-corrected chi connectivity index (χ2v) is 8.08. The first-order valence-electron chi connectivity index (χ1n) is 10.3. The van der Waals surface area contributed by atoms with Crippen LogP contribution >= 0.6 is 0 Å². The van der Waals surface area contributed by atoms with E-state index in [2.05, 4.69) is 90.8 Å². The number of hydrazine groups is 1. The second kappa shape index (κ2) is 7.91. The number of carbonyl (C=O) groups is 1. The van der Waals surface area contributed by atoms with E-state index in [0.717, 1.165) is 18.7 Å². The molecule has 1 amide bonds. The van der Waals surface area contributed by atoms with Gasteiger partial charge in [-0.15, -0.1) is 0 Å². The fourth-order valence-electron chi connectivity index (χ4n) is 4.55. The van der Waals surface area contributed by atoms with Crippen molar-refractivity contribution in [2.24, 2.45) is 0 Å². The van der Waals surface area contributed by atoms with E-state index in [1.54, 1.807) is 6.92 Å². The average molecular weight is 391 g/mol. The number of nitrogens with one attached hydrogen (secondary N) is 1. The van der Waals surface area contributed by atoms with Crippen LogP contribution in [0.3, 0.4) is 0 Å². The zero-order valence-corrected chi connectivity index (χ0v) is 17.7. The van der Waals surface area contributed by atoms with Gasteiger partial charge in [-0.3, -0.25) is 4.79 Å². The van der Waals surface area contributed by atoms with Crippen LogP contribution in [0, 0.1) is 6.92 Å². The van der Waals surface area contributed by atoms with Crippen molar-refractivity contribution in [3.8, 4) is 0 Å². The molecule has 29 heavy (non-hydrogen) atoms. The van der Waals surface area contributed by atoms with E-state index in [4.69, 9.17) is 0 Å². The Labute approximate surface area is 173 Å². The molecule has 1 N–H and O–H groups in total. The third-order valence-electron chi connectivity index (χ3n) is 6.09. The lowest BCUT2D eigenvalue weighted by Gasteiger charge is -2.38. The zero-order valence-electron chi connectivity index (χ0n) is 17.7. The van der Waals surface area contributed by atoms with Gasteiger partial charge in [-0.1, -0.05) is 42.5 Å². The Morgan fingerprint density at radius 2 is 1.90 bits per heavy atom. The first-order valence-corrected chi connectivity index (χ1v) is 10.3. The van der Waals surface area contributed by atoms with Crippen molar-refractivity contribution in [2.45, 2.75) is 39.4 Å². The van der Waals surface area contributed by atoms with Crippen LogP contribution in [0.15, 0.2) is 65.9 Å². The Kier molecular flexibility index (Phi) is 5.33. The third-order valence-corrected chi connectivity index (χ3v) is 6.09. The molecule has 2 atom stereocenters. The molecule has 2 aliphatic rings. The second-order valence-electron chi connectivity index (χ2n) is 8.08. The van der Waals surface area contributed by atoms with Gasteiger partial charge in [0.2, 0.25) is 5.91 Å². The number of amides is 1. The first-order chi connectivity index (χ1) is 14.0. The number of carbonyl (C=O) groups excluding carboxylic acids is 1. The van der Waals surface area contributed by atoms with E-state index in [0.29, 0.717) is 6.54 Å². The number of likely N-dealkylation sites (N-methyl/N-ethyl adjacent to an activating group) is 1. The Morgan fingerprint density at radius 1 is 1.14 bits per heavy atom.